The smallest absolute Gasteiger partial charge is 0.164 e. The van der Waals surface area contributed by atoms with E-state index in [1.807, 2.05) is 78.9 Å². The third kappa shape index (κ3) is 5.72. The van der Waals surface area contributed by atoms with Crippen molar-refractivity contribution < 1.29 is 12.6 Å². The largest absolute Gasteiger partial charge is 0.456 e. The van der Waals surface area contributed by atoms with Gasteiger partial charge in [0.2, 0.25) is 0 Å². The number of rotatable bonds is 7. The molecule has 0 unspecified atom stereocenters. The van der Waals surface area contributed by atoms with Crippen molar-refractivity contribution in [1.82, 2.24) is 15.0 Å². The molecule has 0 aliphatic heterocycles. The normalized spacial score (nSPS) is 14.0. The molecular formula is C58H37N3O. The highest BCUT2D eigenvalue weighted by atomic mass is 16.3. The van der Waals surface area contributed by atoms with Gasteiger partial charge in [-0.3, -0.25) is 0 Å². The van der Waals surface area contributed by atoms with Crippen LogP contribution in [0.4, 0.5) is 0 Å². The van der Waals surface area contributed by atoms with Gasteiger partial charge in [-0.25, -0.2) is 15.0 Å². The molecule has 0 atom stereocenters. The van der Waals surface area contributed by atoms with Gasteiger partial charge >= 0.3 is 0 Å². The second kappa shape index (κ2) is 14.5. The summed E-state index contributed by atoms with van der Waals surface area (Å²) in [5.74, 6) is 0.604. The van der Waals surface area contributed by atoms with Crippen molar-refractivity contribution in [2.24, 2.45) is 0 Å². The van der Waals surface area contributed by atoms with Gasteiger partial charge in [0.15, 0.2) is 17.5 Å². The number of fused-ring (bicyclic) bond motifs is 6. The van der Waals surface area contributed by atoms with Crippen molar-refractivity contribution >= 4 is 21.9 Å². The summed E-state index contributed by atoms with van der Waals surface area (Å²) in [5, 5.41) is 0.353. The molecule has 0 amide bonds. The summed E-state index contributed by atoms with van der Waals surface area (Å²) in [6.07, 6.45) is 0. The second-order valence-corrected chi connectivity index (χ2v) is 15.4. The van der Waals surface area contributed by atoms with Crippen LogP contribution in [0.5, 0.6) is 0 Å². The van der Waals surface area contributed by atoms with Gasteiger partial charge in [0.25, 0.3) is 0 Å². The summed E-state index contributed by atoms with van der Waals surface area (Å²) in [5.41, 5.74) is 9.96. The van der Waals surface area contributed by atoms with Crippen LogP contribution in [-0.4, -0.2) is 15.0 Å². The van der Waals surface area contributed by atoms with E-state index in [4.69, 9.17) is 23.5 Å². The first kappa shape index (κ1) is 29.9. The molecule has 9 aromatic carbocycles. The van der Waals surface area contributed by atoms with Crippen LogP contribution >= 0.6 is 0 Å². The van der Waals surface area contributed by atoms with Crippen molar-refractivity contribution in [2.75, 3.05) is 0 Å². The van der Waals surface area contributed by atoms with Crippen LogP contribution in [0.2, 0.25) is 0 Å². The zero-order valence-electron chi connectivity index (χ0n) is 39.1. The molecule has 0 fully saturated rings. The molecule has 0 saturated heterocycles. The van der Waals surface area contributed by atoms with Crippen LogP contribution in [-0.2, 0) is 5.41 Å². The van der Waals surface area contributed by atoms with E-state index < -0.39 is 5.41 Å². The van der Waals surface area contributed by atoms with Crippen molar-refractivity contribution in [2.45, 2.75) is 5.41 Å². The molecule has 2 aromatic heterocycles. The zero-order chi connectivity index (χ0) is 46.3. The standard InChI is InChI=1S/C58H37N3O/c1-5-17-38(18-6-1)40-21-15-22-41(35-40)55-59-56(61-57(60-55)43-32-34-49-53(37-43)62-52-30-16-28-46(54(49)52)39-19-7-2-8-20-39)42-31-33-48-47-27-13-14-29-50(47)58(51(48)36-42,44-23-9-3-10-24-44)45-25-11-4-12-26-45/h1-37H/i16D,28D,30D,32D,34D,37D. The van der Waals surface area contributed by atoms with E-state index in [1.165, 1.54) is 0 Å². The Labute approximate surface area is 367 Å². The van der Waals surface area contributed by atoms with E-state index in [0.29, 0.717) is 33.9 Å². The van der Waals surface area contributed by atoms with Crippen molar-refractivity contribution in [3.05, 3.63) is 247 Å². The summed E-state index contributed by atoms with van der Waals surface area (Å²) < 4.78 is 61.9. The average Bonchev–Trinajstić information content (AvgIpc) is 3.94. The Morgan fingerprint density at radius 3 is 1.66 bits per heavy atom. The van der Waals surface area contributed by atoms with Gasteiger partial charge < -0.3 is 4.42 Å². The first-order valence-electron chi connectivity index (χ1n) is 23.5. The Kier molecular flexibility index (Phi) is 7.00. The highest BCUT2D eigenvalue weighted by Crippen LogP contribution is 2.56. The number of benzene rings is 9. The van der Waals surface area contributed by atoms with E-state index in [0.717, 1.165) is 44.5 Å². The fraction of sp³-hybridized carbons (Fsp3) is 0.0172. The SMILES string of the molecule is [2H]c1c([2H])c(-c2ccccc2)c2c(oc3c([2H])c(-c4nc(-c5cccc(-c6ccccc6)c5)nc(-c5ccc6c(c5)C(c5ccccc5)(c5ccccc5)c5ccccc5-6)n4)c([2H])c([2H])c32)c1[2H]. The topological polar surface area (TPSA) is 51.8 Å². The molecule has 0 spiro atoms. The van der Waals surface area contributed by atoms with Crippen LogP contribution in [0.25, 0.3) is 89.5 Å². The van der Waals surface area contributed by atoms with E-state index in [2.05, 4.69) is 84.9 Å². The number of hydrogen-bond donors (Lipinski definition) is 0. The molecule has 0 N–H and O–H groups in total. The second-order valence-electron chi connectivity index (χ2n) is 15.4. The Morgan fingerprint density at radius 1 is 0.387 bits per heavy atom. The van der Waals surface area contributed by atoms with E-state index in [-0.39, 0.29) is 69.6 Å². The minimum Gasteiger partial charge on any atom is -0.456 e. The van der Waals surface area contributed by atoms with E-state index in [9.17, 15) is 4.11 Å². The fourth-order valence-corrected chi connectivity index (χ4v) is 9.18. The highest BCUT2D eigenvalue weighted by molar-refractivity contribution is 6.13. The van der Waals surface area contributed by atoms with Crippen molar-refractivity contribution in [3.8, 4) is 67.5 Å². The lowest BCUT2D eigenvalue weighted by atomic mass is 9.67. The molecule has 0 bridgehead atoms. The van der Waals surface area contributed by atoms with Crippen LogP contribution in [0.15, 0.2) is 229 Å². The number of nitrogens with zero attached hydrogens (tertiary/aromatic N) is 3. The predicted molar refractivity (Wildman–Crippen MR) is 252 cm³/mol. The van der Waals surface area contributed by atoms with Gasteiger partial charge in [-0.1, -0.05) is 194 Å². The molecular weight excluding hydrogens is 755 g/mol. The maximum absolute atomic E-state index is 9.76. The van der Waals surface area contributed by atoms with Crippen LogP contribution in [0.3, 0.4) is 0 Å². The first-order valence-corrected chi connectivity index (χ1v) is 20.5. The van der Waals surface area contributed by atoms with Crippen LogP contribution in [0, 0.1) is 0 Å². The highest BCUT2D eigenvalue weighted by Gasteiger charge is 2.46. The molecule has 1 aliphatic rings. The maximum atomic E-state index is 9.76. The molecule has 1 aliphatic carbocycles. The van der Waals surface area contributed by atoms with Gasteiger partial charge in [-0.15, -0.1) is 0 Å². The zero-order valence-corrected chi connectivity index (χ0v) is 33.1. The Morgan fingerprint density at radius 2 is 0.952 bits per heavy atom. The first-order chi connectivity index (χ1) is 33.2. The summed E-state index contributed by atoms with van der Waals surface area (Å²) in [6.45, 7) is 0. The Hall–Kier alpha value is -8.21. The van der Waals surface area contributed by atoms with Crippen LogP contribution < -0.4 is 0 Å². The summed E-state index contributed by atoms with van der Waals surface area (Å²) in [7, 11) is 0. The van der Waals surface area contributed by atoms with Gasteiger partial charge in [0.05, 0.1) is 13.6 Å². The predicted octanol–water partition coefficient (Wildman–Crippen LogP) is 14.5. The Bertz CT molecular complexity index is 3770. The molecule has 11 aromatic rings. The number of hydrogen-bond acceptors (Lipinski definition) is 4. The average molecular weight is 798 g/mol. The van der Waals surface area contributed by atoms with Gasteiger partial charge in [-0.05, 0) is 85.9 Å². The Balaban J connectivity index is 1.13. The summed E-state index contributed by atoms with van der Waals surface area (Å²) in [6, 6.07) is 61.0. The van der Waals surface area contributed by atoms with Crippen LogP contribution in [0.1, 0.15) is 30.5 Å². The molecule has 12 rings (SSSR count). The third-order valence-electron chi connectivity index (χ3n) is 11.9. The van der Waals surface area contributed by atoms with E-state index >= 15 is 0 Å². The quantitative estimate of drug-likeness (QED) is 0.161. The lowest BCUT2D eigenvalue weighted by molar-refractivity contribution is 0.669. The van der Waals surface area contributed by atoms with Crippen molar-refractivity contribution in [1.29, 1.82) is 0 Å². The summed E-state index contributed by atoms with van der Waals surface area (Å²) in [4.78, 5) is 15.3. The lowest BCUT2D eigenvalue weighted by Gasteiger charge is -2.34. The maximum Gasteiger partial charge on any atom is 0.164 e. The summed E-state index contributed by atoms with van der Waals surface area (Å²) >= 11 is 0. The molecule has 0 saturated carbocycles. The fourth-order valence-electron chi connectivity index (χ4n) is 9.18. The number of furan rings is 1. The molecule has 0 radical (unpaired) electrons. The molecule has 4 nitrogen and oxygen atoms in total. The van der Waals surface area contributed by atoms with Crippen molar-refractivity contribution in [3.63, 3.8) is 0 Å². The van der Waals surface area contributed by atoms with Gasteiger partial charge in [-0.2, -0.15) is 0 Å². The van der Waals surface area contributed by atoms with Gasteiger partial charge in [0.1, 0.15) is 11.2 Å². The molecule has 4 heteroatoms. The third-order valence-corrected chi connectivity index (χ3v) is 11.9. The molecule has 62 heavy (non-hydrogen) atoms. The lowest BCUT2D eigenvalue weighted by Crippen LogP contribution is -2.28. The molecule has 290 valence electrons. The molecule has 2 heterocycles. The monoisotopic (exact) mass is 797 g/mol. The minimum atomic E-state index is -0.699. The van der Waals surface area contributed by atoms with E-state index in [1.54, 1.807) is 24.3 Å². The van der Waals surface area contributed by atoms with Gasteiger partial charge in [0, 0.05) is 27.5 Å². The number of aromatic nitrogens is 3. The minimum absolute atomic E-state index is 0.00104.